The van der Waals surface area contributed by atoms with E-state index in [-0.39, 0.29) is 24.5 Å². The van der Waals surface area contributed by atoms with E-state index in [1.807, 2.05) is 0 Å². The van der Waals surface area contributed by atoms with Crippen LogP contribution < -0.4 is 5.32 Å². The van der Waals surface area contributed by atoms with Gasteiger partial charge in [-0.05, 0) is 18.2 Å². The summed E-state index contributed by atoms with van der Waals surface area (Å²) in [6.45, 7) is 1.27. The summed E-state index contributed by atoms with van der Waals surface area (Å²) < 4.78 is 30.8. The van der Waals surface area contributed by atoms with Crippen LogP contribution in [0, 0.1) is 0 Å². The Morgan fingerprint density at radius 2 is 1.92 bits per heavy atom. The zero-order chi connectivity index (χ0) is 17.7. The second-order valence-corrected chi connectivity index (χ2v) is 7.55. The summed E-state index contributed by atoms with van der Waals surface area (Å²) in [6, 6.07) is 6.10. The fourth-order valence-corrected chi connectivity index (χ4v) is 4.04. The second-order valence-electron chi connectivity index (χ2n) is 5.18. The molecule has 1 fully saturated rings. The summed E-state index contributed by atoms with van der Waals surface area (Å²) in [4.78, 5) is 24.5. The first-order chi connectivity index (χ1) is 11.3. The van der Waals surface area contributed by atoms with Crippen LogP contribution in [0.3, 0.4) is 0 Å². The fourth-order valence-electron chi connectivity index (χ4n) is 2.31. The smallest absolute Gasteiger partial charge is 0.413 e. The van der Waals surface area contributed by atoms with Crippen molar-refractivity contribution in [3.05, 3.63) is 29.3 Å². The summed E-state index contributed by atoms with van der Waals surface area (Å²) in [6.07, 6.45) is -0.817. The lowest BCUT2D eigenvalue weighted by Gasteiger charge is -2.33. The predicted molar refractivity (Wildman–Crippen MR) is 87.2 cm³/mol. The van der Waals surface area contributed by atoms with Crippen LogP contribution in [0.2, 0.25) is 5.02 Å². The van der Waals surface area contributed by atoms with Crippen LogP contribution in [-0.4, -0.2) is 69.5 Å². The number of hydrogen-bond donors (Lipinski definition) is 1. The van der Waals surface area contributed by atoms with E-state index in [1.165, 1.54) is 23.5 Å². The standard InChI is InChI=1S/C14H18ClN3O5S/c1-23-14(20)16-13(19)10-17-5-7-18(8-6-17)24(21,22)12-4-2-3-11(15)9-12/h2-4,9H,5-8,10H2,1H3,(H,16,19,20). The van der Waals surface area contributed by atoms with Gasteiger partial charge in [0.25, 0.3) is 0 Å². The maximum atomic E-state index is 12.6. The van der Waals surface area contributed by atoms with Crippen molar-refractivity contribution < 1.29 is 22.7 Å². The molecule has 0 bridgehead atoms. The van der Waals surface area contributed by atoms with E-state index in [1.54, 1.807) is 17.0 Å². The molecule has 1 N–H and O–H groups in total. The topological polar surface area (TPSA) is 96.0 Å². The van der Waals surface area contributed by atoms with E-state index in [2.05, 4.69) is 10.1 Å². The lowest BCUT2D eigenvalue weighted by Crippen LogP contribution is -2.51. The average Bonchev–Trinajstić information content (AvgIpc) is 2.55. The lowest BCUT2D eigenvalue weighted by atomic mass is 10.3. The molecule has 0 saturated carbocycles. The van der Waals surface area contributed by atoms with Gasteiger partial charge >= 0.3 is 6.09 Å². The fraction of sp³-hybridized carbons (Fsp3) is 0.429. The van der Waals surface area contributed by atoms with Gasteiger partial charge in [-0.1, -0.05) is 17.7 Å². The number of sulfonamides is 1. The molecule has 1 heterocycles. The molecule has 0 aromatic heterocycles. The van der Waals surface area contributed by atoms with Crippen molar-refractivity contribution in [1.29, 1.82) is 0 Å². The van der Waals surface area contributed by atoms with Gasteiger partial charge in [-0.15, -0.1) is 0 Å². The summed E-state index contributed by atoms with van der Waals surface area (Å²) in [7, 11) is -2.44. The quantitative estimate of drug-likeness (QED) is 0.824. The number of imide groups is 1. The van der Waals surface area contributed by atoms with Gasteiger partial charge in [0.15, 0.2) is 0 Å². The summed E-state index contributed by atoms with van der Waals surface area (Å²) >= 11 is 5.85. The largest absolute Gasteiger partial charge is 0.453 e. The number of rotatable bonds is 4. The number of piperazine rings is 1. The molecule has 2 rings (SSSR count). The molecule has 0 atom stereocenters. The van der Waals surface area contributed by atoms with Gasteiger partial charge in [0.2, 0.25) is 15.9 Å². The predicted octanol–water partition coefficient (Wildman–Crippen LogP) is 0.529. The first kappa shape index (κ1) is 18.7. The molecule has 1 saturated heterocycles. The van der Waals surface area contributed by atoms with Crippen molar-refractivity contribution in [2.75, 3.05) is 39.8 Å². The number of carbonyl (C=O) groups is 2. The van der Waals surface area contributed by atoms with Gasteiger partial charge < -0.3 is 4.74 Å². The van der Waals surface area contributed by atoms with E-state index in [0.717, 1.165) is 0 Å². The monoisotopic (exact) mass is 375 g/mol. The van der Waals surface area contributed by atoms with Crippen LogP contribution in [0.1, 0.15) is 0 Å². The van der Waals surface area contributed by atoms with Crippen molar-refractivity contribution in [3.63, 3.8) is 0 Å². The molecule has 2 amide bonds. The molecule has 8 nitrogen and oxygen atoms in total. The minimum absolute atomic E-state index is 0.000152. The van der Waals surface area contributed by atoms with Crippen molar-refractivity contribution >= 4 is 33.6 Å². The molecule has 1 aromatic rings. The Morgan fingerprint density at radius 3 is 2.50 bits per heavy atom. The maximum absolute atomic E-state index is 12.6. The number of amides is 2. The van der Waals surface area contributed by atoms with Crippen molar-refractivity contribution in [3.8, 4) is 0 Å². The first-order valence-electron chi connectivity index (χ1n) is 7.19. The Hall–Kier alpha value is -1.68. The van der Waals surface area contributed by atoms with Crippen LogP contribution in [0.5, 0.6) is 0 Å². The van der Waals surface area contributed by atoms with E-state index in [4.69, 9.17) is 11.6 Å². The summed E-state index contributed by atoms with van der Waals surface area (Å²) in [5, 5.41) is 2.42. The molecule has 0 aliphatic carbocycles. The first-order valence-corrected chi connectivity index (χ1v) is 9.00. The molecule has 1 aromatic carbocycles. The normalized spacial score (nSPS) is 16.6. The highest BCUT2D eigenvalue weighted by molar-refractivity contribution is 7.89. The Bertz CT molecular complexity index is 717. The van der Waals surface area contributed by atoms with Gasteiger partial charge in [-0.3, -0.25) is 15.0 Å². The SMILES string of the molecule is COC(=O)NC(=O)CN1CCN(S(=O)(=O)c2cccc(Cl)c2)CC1. The highest BCUT2D eigenvalue weighted by atomic mass is 35.5. The van der Waals surface area contributed by atoms with Crippen LogP contribution in [0.25, 0.3) is 0 Å². The molecule has 0 spiro atoms. The minimum Gasteiger partial charge on any atom is -0.453 e. The molecular weight excluding hydrogens is 358 g/mol. The van der Waals surface area contributed by atoms with E-state index in [9.17, 15) is 18.0 Å². The molecule has 0 radical (unpaired) electrons. The van der Waals surface area contributed by atoms with E-state index >= 15 is 0 Å². The van der Waals surface area contributed by atoms with Crippen LogP contribution >= 0.6 is 11.6 Å². The van der Waals surface area contributed by atoms with E-state index < -0.39 is 22.0 Å². The number of benzene rings is 1. The van der Waals surface area contributed by atoms with Gasteiger partial charge in [0.1, 0.15) is 0 Å². The highest BCUT2D eigenvalue weighted by Gasteiger charge is 2.29. The number of alkyl carbamates (subject to hydrolysis) is 1. The Labute approximate surface area is 145 Å². The lowest BCUT2D eigenvalue weighted by molar-refractivity contribution is -0.121. The third kappa shape index (κ3) is 4.67. The summed E-state index contributed by atoms with van der Waals surface area (Å²) in [5.41, 5.74) is 0. The minimum atomic E-state index is -3.61. The zero-order valence-electron chi connectivity index (χ0n) is 13.1. The Kier molecular flexibility index (Phi) is 6.16. The number of nitrogens with zero attached hydrogens (tertiary/aromatic N) is 2. The zero-order valence-corrected chi connectivity index (χ0v) is 14.6. The number of hydrogen-bond acceptors (Lipinski definition) is 6. The Morgan fingerprint density at radius 1 is 1.25 bits per heavy atom. The number of ether oxygens (including phenoxy) is 1. The van der Waals surface area contributed by atoms with Crippen LogP contribution in [0.15, 0.2) is 29.2 Å². The van der Waals surface area contributed by atoms with Gasteiger partial charge in [0, 0.05) is 31.2 Å². The molecule has 24 heavy (non-hydrogen) atoms. The van der Waals surface area contributed by atoms with Crippen molar-refractivity contribution in [2.24, 2.45) is 0 Å². The van der Waals surface area contributed by atoms with Crippen LogP contribution in [0.4, 0.5) is 4.79 Å². The Balaban J connectivity index is 1.92. The molecule has 1 aliphatic rings. The molecule has 10 heteroatoms. The van der Waals surface area contributed by atoms with Crippen molar-refractivity contribution in [1.82, 2.24) is 14.5 Å². The molecular formula is C14H18ClN3O5S. The molecule has 0 unspecified atom stereocenters. The van der Waals surface area contributed by atoms with Crippen molar-refractivity contribution in [2.45, 2.75) is 4.90 Å². The number of carbonyl (C=O) groups excluding carboxylic acids is 2. The number of methoxy groups -OCH3 is 1. The average molecular weight is 376 g/mol. The maximum Gasteiger partial charge on any atom is 0.413 e. The van der Waals surface area contributed by atoms with Gasteiger partial charge in [0.05, 0.1) is 18.6 Å². The number of nitrogens with one attached hydrogen (secondary N) is 1. The van der Waals surface area contributed by atoms with Crippen LogP contribution in [-0.2, 0) is 19.6 Å². The van der Waals surface area contributed by atoms with E-state index in [0.29, 0.717) is 18.1 Å². The van der Waals surface area contributed by atoms with Gasteiger partial charge in [-0.2, -0.15) is 4.31 Å². The third-order valence-corrected chi connectivity index (χ3v) is 5.69. The third-order valence-electron chi connectivity index (χ3n) is 3.56. The molecule has 1 aliphatic heterocycles. The summed E-state index contributed by atoms with van der Waals surface area (Å²) in [5.74, 6) is -0.493. The second kappa shape index (κ2) is 7.93. The molecule has 132 valence electrons. The van der Waals surface area contributed by atoms with Gasteiger partial charge in [-0.25, -0.2) is 13.2 Å². The number of halogens is 1. The highest BCUT2D eigenvalue weighted by Crippen LogP contribution is 2.20.